The molecular weight excluding hydrogens is 376 g/mol. The first-order valence-electron chi connectivity index (χ1n) is 9.15. The standard InChI is InChI=1S/C21H20N2O6/c1-12(2)15-8-7-14(11-13(15)3)29-18(24)9-10-22-20(25)16-5-4-6-17(23(27)28)19(16)21(22)26/h4-8,11-12H,9-10H2,1-3H3. The number of nitrogens with zero attached hydrogens (tertiary/aromatic N) is 2. The number of hydrogen-bond donors (Lipinski definition) is 0. The van der Waals surface area contributed by atoms with E-state index < -0.39 is 28.4 Å². The van der Waals surface area contributed by atoms with E-state index in [1.54, 1.807) is 12.1 Å². The van der Waals surface area contributed by atoms with E-state index in [1.807, 2.05) is 13.0 Å². The largest absolute Gasteiger partial charge is 0.426 e. The van der Waals surface area contributed by atoms with Gasteiger partial charge in [0.05, 0.1) is 16.9 Å². The van der Waals surface area contributed by atoms with Crippen LogP contribution in [0, 0.1) is 17.0 Å². The number of carbonyl (C=O) groups excluding carboxylic acids is 3. The lowest BCUT2D eigenvalue weighted by molar-refractivity contribution is -0.385. The van der Waals surface area contributed by atoms with Gasteiger partial charge in [-0.3, -0.25) is 29.4 Å². The summed E-state index contributed by atoms with van der Waals surface area (Å²) in [7, 11) is 0. The Balaban J connectivity index is 1.67. The van der Waals surface area contributed by atoms with Gasteiger partial charge in [-0.25, -0.2) is 0 Å². The molecule has 0 aliphatic carbocycles. The zero-order valence-corrected chi connectivity index (χ0v) is 16.3. The Labute approximate surface area is 167 Å². The number of fused-ring (bicyclic) bond motifs is 1. The number of hydrogen-bond acceptors (Lipinski definition) is 6. The van der Waals surface area contributed by atoms with Gasteiger partial charge < -0.3 is 4.74 Å². The van der Waals surface area contributed by atoms with E-state index in [4.69, 9.17) is 4.74 Å². The number of ether oxygens (including phenoxy) is 1. The molecule has 2 aromatic carbocycles. The molecule has 3 rings (SSSR count). The Hall–Kier alpha value is -3.55. The molecule has 29 heavy (non-hydrogen) atoms. The fourth-order valence-corrected chi connectivity index (χ4v) is 3.42. The number of rotatable bonds is 6. The fraction of sp³-hybridized carbons (Fsp3) is 0.286. The van der Waals surface area contributed by atoms with Gasteiger partial charge in [0.25, 0.3) is 17.5 Å². The third kappa shape index (κ3) is 3.87. The van der Waals surface area contributed by atoms with E-state index in [1.165, 1.54) is 18.2 Å². The first-order valence-corrected chi connectivity index (χ1v) is 9.15. The molecule has 0 radical (unpaired) electrons. The van der Waals surface area contributed by atoms with Gasteiger partial charge in [0, 0.05) is 12.6 Å². The third-order valence-electron chi connectivity index (χ3n) is 4.81. The van der Waals surface area contributed by atoms with Gasteiger partial charge in [0.15, 0.2) is 0 Å². The molecule has 2 aromatic rings. The minimum absolute atomic E-state index is 0.0301. The first-order chi connectivity index (χ1) is 13.7. The van der Waals surface area contributed by atoms with E-state index in [0.29, 0.717) is 11.7 Å². The molecule has 8 heteroatoms. The normalized spacial score (nSPS) is 13.0. The minimum atomic E-state index is -0.776. The van der Waals surface area contributed by atoms with Crippen molar-refractivity contribution < 1.29 is 24.0 Å². The monoisotopic (exact) mass is 396 g/mol. The smallest absolute Gasteiger partial charge is 0.312 e. The van der Waals surface area contributed by atoms with Crippen LogP contribution in [-0.2, 0) is 4.79 Å². The Kier molecular flexibility index (Phi) is 5.45. The van der Waals surface area contributed by atoms with Crippen LogP contribution in [0.2, 0.25) is 0 Å². The number of nitro groups is 1. The lowest BCUT2D eigenvalue weighted by atomic mass is 9.98. The van der Waals surface area contributed by atoms with Crippen molar-refractivity contribution in [3.8, 4) is 5.75 Å². The van der Waals surface area contributed by atoms with Crippen LogP contribution in [0.25, 0.3) is 0 Å². The lowest BCUT2D eigenvalue weighted by Gasteiger charge is -2.14. The molecule has 0 unspecified atom stereocenters. The molecule has 0 spiro atoms. The number of amides is 2. The summed E-state index contributed by atoms with van der Waals surface area (Å²) in [5.41, 5.74) is 1.45. The second-order valence-electron chi connectivity index (χ2n) is 7.12. The number of nitro benzene ring substituents is 1. The van der Waals surface area contributed by atoms with Crippen LogP contribution in [-0.4, -0.2) is 34.2 Å². The second kappa shape index (κ2) is 7.83. The van der Waals surface area contributed by atoms with Gasteiger partial charge in [-0.15, -0.1) is 0 Å². The van der Waals surface area contributed by atoms with Crippen molar-refractivity contribution in [1.29, 1.82) is 0 Å². The van der Waals surface area contributed by atoms with Crippen molar-refractivity contribution in [2.45, 2.75) is 33.1 Å². The highest BCUT2D eigenvalue weighted by Gasteiger charge is 2.40. The Morgan fingerprint density at radius 3 is 2.52 bits per heavy atom. The molecule has 1 aliphatic heterocycles. The predicted octanol–water partition coefficient (Wildman–Crippen LogP) is 3.62. The van der Waals surface area contributed by atoms with Crippen molar-refractivity contribution in [3.63, 3.8) is 0 Å². The molecule has 0 saturated carbocycles. The maximum Gasteiger partial charge on any atom is 0.312 e. The van der Waals surface area contributed by atoms with E-state index >= 15 is 0 Å². The average Bonchev–Trinajstić information content (AvgIpc) is 2.90. The minimum Gasteiger partial charge on any atom is -0.426 e. The predicted molar refractivity (Wildman–Crippen MR) is 104 cm³/mol. The summed E-state index contributed by atoms with van der Waals surface area (Å²) in [6.07, 6.45) is -0.218. The zero-order valence-electron chi connectivity index (χ0n) is 16.3. The highest BCUT2D eigenvalue weighted by molar-refractivity contribution is 6.23. The van der Waals surface area contributed by atoms with Crippen molar-refractivity contribution in [3.05, 3.63) is 68.8 Å². The molecule has 150 valence electrons. The van der Waals surface area contributed by atoms with Gasteiger partial charge >= 0.3 is 5.97 Å². The van der Waals surface area contributed by atoms with Crippen molar-refractivity contribution in [2.75, 3.05) is 6.54 Å². The summed E-state index contributed by atoms with van der Waals surface area (Å²) in [5, 5.41) is 11.1. The SMILES string of the molecule is Cc1cc(OC(=O)CCN2C(=O)c3cccc([N+](=O)[O-])c3C2=O)ccc1C(C)C. The van der Waals surface area contributed by atoms with Crippen LogP contribution in [0.1, 0.15) is 58.0 Å². The summed E-state index contributed by atoms with van der Waals surface area (Å²) >= 11 is 0. The molecule has 2 amide bonds. The van der Waals surface area contributed by atoms with Crippen LogP contribution in [0.4, 0.5) is 5.69 Å². The van der Waals surface area contributed by atoms with Crippen LogP contribution in [0.5, 0.6) is 5.75 Å². The summed E-state index contributed by atoms with van der Waals surface area (Å²) in [6, 6.07) is 9.24. The molecule has 1 heterocycles. The van der Waals surface area contributed by atoms with Gasteiger partial charge in [-0.2, -0.15) is 0 Å². The number of carbonyl (C=O) groups is 3. The topological polar surface area (TPSA) is 107 Å². The third-order valence-corrected chi connectivity index (χ3v) is 4.81. The molecule has 8 nitrogen and oxygen atoms in total. The van der Waals surface area contributed by atoms with Crippen LogP contribution >= 0.6 is 0 Å². The van der Waals surface area contributed by atoms with E-state index in [9.17, 15) is 24.5 Å². The highest BCUT2D eigenvalue weighted by Crippen LogP contribution is 2.31. The maximum atomic E-state index is 12.5. The van der Waals surface area contributed by atoms with Crippen LogP contribution in [0.15, 0.2) is 36.4 Å². The van der Waals surface area contributed by atoms with Gasteiger partial charge in [-0.05, 0) is 42.2 Å². The molecular formula is C21H20N2O6. The van der Waals surface area contributed by atoms with Crippen molar-refractivity contribution in [1.82, 2.24) is 4.90 Å². The molecule has 0 atom stereocenters. The highest BCUT2D eigenvalue weighted by atomic mass is 16.6. The van der Waals surface area contributed by atoms with Crippen molar-refractivity contribution >= 4 is 23.5 Å². The zero-order chi connectivity index (χ0) is 21.3. The van der Waals surface area contributed by atoms with Gasteiger partial charge in [-0.1, -0.05) is 26.0 Å². The summed E-state index contributed by atoms with van der Waals surface area (Å²) in [5.74, 6) is -1.30. The van der Waals surface area contributed by atoms with E-state index in [-0.39, 0.29) is 24.1 Å². The molecule has 0 fully saturated rings. The Bertz CT molecular complexity index is 1030. The summed E-state index contributed by atoms with van der Waals surface area (Å²) in [6.45, 7) is 5.85. The van der Waals surface area contributed by atoms with Crippen LogP contribution < -0.4 is 4.74 Å². The molecule has 0 N–H and O–H groups in total. The maximum absolute atomic E-state index is 12.5. The fourth-order valence-electron chi connectivity index (χ4n) is 3.42. The molecule has 1 aliphatic rings. The number of aryl methyl sites for hydroxylation is 1. The first kappa shape index (κ1) is 20.2. The summed E-state index contributed by atoms with van der Waals surface area (Å²) in [4.78, 5) is 48.4. The number of esters is 1. The number of benzene rings is 2. The molecule has 0 saturated heterocycles. The summed E-state index contributed by atoms with van der Waals surface area (Å²) < 4.78 is 5.30. The number of imide groups is 1. The lowest BCUT2D eigenvalue weighted by Crippen LogP contribution is -2.32. The second-order valence-corrected chi connectivity index (χ2v) is 7.12. The molecule has 0 bridgehead atoms. The Morgan fingerprint density at radius 1 is 1.17 bits per heavy atom. The quantitative estimate of drug-likeness (QED) is 0.243. The van der Waals surface area contributed by atoms with Crippen molar-refractivity contribution in [2.24, 2.45) is 0 Å². The van der Waals surface area contributed by atoms with Gasteiger partial charge in [0.1, 0.15) is 11.3 Å². The average molecular weight is 396 g/mol. The van der Waals surface area contributed by atoms with Crippen LogP contribution in [0.3, 0.4) is 0 Å². The van der Waals surface area contributed by atoms with E-state index in [0.717, 1.165) is 16.0 Å². The Morgan fingerprint density at radius 2 is 1.90 bits per heavy atom. The van der Waals surface area contributed by atoms with Gasteiger partial charge in [0.2, 0.25) is 0 Å². The molecule has 0 aromatic heterocycles. The van der Waals surface area contributed by atoms with E-state index in [2.05, 4.69) is 13.8 Å².